The molecule has 1 aromatic rings. The van der Waals surface area contributed by atoms with Gasteiger partial charge in [-0.3, -0.25) is 10.1 Å². The molecule has 0 atom stereocenters. The molecule has 18 heavy (non-hydrogen) atoms. The molecule has 0 heterocycles. The highest BCUT2D eigenvalue weighted by molar-refractivity contribution is 7.99. The minimum absolute atomic E-state index is 0.0612. The Labute approximate surface area is 114 Å². The van der Waals surface area contributed by atoms with Gasteiger partial charge in [-0.25, -0.2) is 4.79 Å². The molecule has 0 aliphatic carbocycles. The molecule has 0 aliphatic heterocycles. The molecule has 0 aliphatic rings. The third-order valence-electron chi connectivity index (χ3n) is 2.10. The number of nitrogens with zero attached hydrogens (tertiary/aromatic N) is 1. The normalized spacial score (nSPS) is 10.2. The monoisotopic (exact) mass is 289 g/mol. The van der Waals surface area contributed by atoms with Crippen molar-refractivity contribution in [1.29, 1.82) is 0 Å². The number of hydrogen-bond acceptors (Lipinski definition) is 5. The standard InChI is InChI=1S/C11H12ClNO4S/c1-3-4-18-9-6-7(11(14)17-2)5-8(10(9)12)13(15)16/h5-6H,3-4H2,1-2H3. The Hall–Kier alpha value is -1.27. The van der Waals surface area contributed by atoms with Crippen LogP contribution in [0.1, 0.15) is 23.7 Å². The van der Waals surface area contributed by atoms with E-state index in [9.17, 15) is 14.9 Å². The zero-order chi connectivity index (χ0) is 13.7. The van der Waals surface area contributed by atoms with E-state index in [1.807, 2.05) is 6.92 Å². The molecule has 0 saturated carbocycles. The molecule has 1 aromatic carbocycles. The van der Waals surface area contributed by atoms with E-state index >= 15 is 0 Å². The summed E-state index contributed by atoms with van der Waals surface area (Å²) in [6.07, 6.45) is 0.900. The van der Waals surface area contributed by atoms with E-state index in [1.165, 1.54) is 24.9 Å². The molecule has 0 fully saturated rings. The van der Waals surface area contributed by atoms with Crippen LogP contribution in [-0.4, -0.2) is 23.8 Å². The number of benzene rings is 1. The van der Waals surface area contributed by atoms with Gasteiger partial charge in [0.1, 0.15) is 5.02 Å². The molecule has 0 N–H and O–H groups in total. The summed E-state index contributed by atoms with van der Waals surface area (Å²) in [4.78, 5) is 22.2. The van der Waals surface area contributed by atoms with Crippen molar-refractivity contribution in [1.82, 2.24) is 0 Å². The van der Waals surface area contributed by atoms with Crippen LogP contribution < -0.4 is 0 Å². The molecule has 98 valence electrons. The number of ether oxygens (including phenoxy) is 1. The Morgan fingerprint density at radius 3 is 2.72 bits per heavy atom. The van der Waals surface area contributed by atoms with E-state index in [0.717, 1.165) is 18.2 Å². The average Bonchev–Trinajstić information content (AvgIpc) is 2.36. The van der Waals surface area contributed by atoms with Crippen molar-refractivity contribution >= 4 is 35.0 Å². The van der Waals surface area contributed by atoms with Crippen molar-refractivity contribution in [2.45, 2.75) is 18.2 Å². The maximum Gasteiger partial charge on any atom is 0.338 e. The van der Waals surface area contributed by atoms with Crippen molar-refractivity contribution in [3.8, 4) is 0 Å². The topological polar surface area (TPSA) is 69.4 Å². The molecule has 0 spiro atoms. The fourth-order valence-corrected chi connectivity index (χ4v) is 2.48. The van der Waals surface area contributed by atoms with Crippen LogP contribution >= 0.6 is 23.4 Å². The van der Waals surface area contributed by atoms with Gasteiger partial charge in [0.15, 0.2) is 0 Å². The van der Waals surface area contributed by atoms with E-state index in [1.54, 1.807) is 0 Å². The van der Waals surface area contributed by atoms with E-state index in [0.29, 0.717) is 4.90 Å². The number of halogens is 1. The van der Waals surface area contributed by atoms with Crippen LogP contribution in [0.4, 0.5) is 5.69 Å². The van der Waals surface area contributed by atoms with Gasteiger partial charge in [-0.2, -0.15) is 0 Å². The summed E-state index contributed by atoms with van der Waals surface area (Å²) >= 11 is 7.32. The predicted octanol–water partition coefficient (Wildman–Crippen LogP) is 3.54. The lowest BCUT2D eigenvalue weighted by atomic mass is 10.2. The van der Waals surface area contributed by atoms with Gasteiger partial charge in [-0.05, 0) is 18.2 Å². The van der Waals surface area contributed by atoms with Gasteiger partial charge >= 0.3 is 5.97 Å². The second-order valence-electron chi connectivity index (χ2n) is 3.40. The van der Waals surface area contributed by atoms with Gasteiger partial charge in [0.25, 0.3) is 5.69 Å². The lowest BCUT2D eigenvalue weighted by molar-refractivity contribution is -0.384. The summed E-state index contributed by atoms with van der Waals surface area (Å²) in [5.74, 6) is 0.148. The molecule has 7 heteroatoms. The highest BCUT2D eigenvalue weighted by atomic mass is 35.5. The van der Waals surface area contributed by atoms with Crippen LogP contribution in [-0.2, 0) is 4.74 Å². The van der Waals surface area contributed by atoms with E-state index in [2.05, 4.69) is 4.74 Å². The summed E-state index contributed by atoms with van der Waals surface area (Å²) in [6, 6.07) is 2.64. The number of carbonyl (C=O) groups excluding carboxylic acids is 1. The minimum atomic E-state index is -0.617. The fraction of sp³-hybridized carbons (Fsp3) is 0.364. The number of nitro benzene ring substituents is 1. The Balaban J connectivity index is 3.27. The first kappa shape index (κ1) is 14.8. The maximum absolute atomic E-state index is 11.4. The summed E-state index contributed by atoms with van der Waals surface area (Å²) in [6.45, 7) is 1.99. The van der Waals surface area contributed by atoms with Crippen molar-refractivity contribution in [2.75, 3.05) is 12.9 Å². The summed E-state index contributed by atoms with van der Waals surface area (Å²) < 4.78 is 4.56. The van der Waals surface area contributed by atoms with Gasteiger partial charge in [0.05, 0.1) is 17.6 Å². The van der Waals surface area contributed by atoms with Gasteiger partial charge in [-0.1, -0.05) is 18.5 Å². The third-order valence-corrected chi connectivity index (χ3v) is 3.85. The lowest BCUT2D eigenvalue weighted by Gasteiger charge is -2.06. The molecule has 0 unspecified atom stereocenters. The van der Waals surface area contributed by atoms with Gasteiger partial charge in [0, 0.05) is 11.0 Å². The predicted molar refractivity (Wildman–Crippen MR) is 70.5 cm³/mol. The van der Waals surface area contributed by atoms with E-state index < -0.39 is 10.9 Å². The number of rotatable bonds is 5. The highest BCUT2D eigenvalue weighted by Gasteiger charge is 2.21. The zero-order valence-corrected chi connectivity index (χ0v) is 11.5. The fourth-order valence-electron chi connectivity index (χ4n) is 1.27. The zero-order valence-electron chi connectivity index (χ0n) is 9.94. The highest BCUT2D eigenvalue weighted by Crippen LogP contribution is 2.36. The van der Waals surface area contributed by atoms with Crippen LogP contribution in [0.2, 0.25) is 5.02 Å². The molecule has 0 radical (unpaired) electrons. The Bertz CT molecular complexity index is 478. The largest absolute Gasteiger partial charge is 0.465 e. The van der Waals surface area contributed by atoms with E-state index in [4.69, 9.17) is 11.6 Å². The van der Waals surface area contributed by atoms with Gasteiger partial charge in [-0.15, -0.1) is 11.8 Å². The number of methoxy groups -OCH3 is 1. The van der Waals surface area contributed by atoms with Crippen LogP contribution in [0.15, 0.2) is 17.0 Å². The first-order chi connectivity index (χ1) is 8.51. The molecule has 0 aromatic heterocycles. The molecule has 0 saturated heterocycles. The third kappa shape index (κ3) is 3.36. The van der Waals surface area contributed by atoms with Gasteiger partial charge in [0.2, 0.25) is 0 Å². The van der Waals surface area contributed by atoms with Crippen LogP contribution in [0, 0.1) is 10.1 Å². The summed E-state index contributed by atoms with van der Waals surface area (Å²) in [5.41, 5.74) is -0.148. The Kier molecular flexibility index (Phi) is 5.43. The van der Waals surface area contributed by atoms with Crippen molar-refractivity contribution in [3.05, 3.63) is 32.8 Å². The second-order valence-corrected chi connectivity index (χ2v) is 4.92. The van der Waals surface area contributed by atoms with Crippen LogP contribution in [0.25, 0.3) is 0 Å². The second kappa shape index (κ2) is 6.61. The number of thioether (sulfide) groups is 1. The van der Waals surface area contributed by atoms with E-state index in [-0.39, 0.29) is 16.3 Å². The number of esters is 1. The first-order valence-corrected chi connectivity index (χ1v) is 6.56. The quantitative estimate of drug-likeness (QED) is 0.359. The summed E-state index contributed by atoms with van der Waals surface area (Å²) in [5, 5.41) is 10.9. The average molecular weight is 290 g/mol. The SMILES string of the molecule is CCCSc1cc(C(=O)OC)cc([N+](=O)[O-])c1Cl. The number of hydrogen-bond donors (Lipinski definition) is 0. The van der Waals surface area contributed by atoms with Crippen LogP contribution in [0.3, 0.4) is 0 Å². The molecule has 0 amide bonds. The molecule has 1 rings (SSSR count). The minimum Gasteiger partial charge on any atom is -0.465 e. The van der Waals surface area contributed by atoms with Gasteiger partial charge < -0.3 is 4.74 Å². The Morgan fingerprint density at radius 2 is 2.22 bits per heavy atom. The van der Waals surface area contributed by atoms with Crippen molar-refractivity contribution in [2.24, 2.45) is 0 Å². The molecule has 5 nitrogen and oxygen atoms in total. The van der Waals surface area contributed by atoms with Crippen LogP contribution in [0.5, 0.6) is 0 Å². The number of carbonyl (C=O) groups is 1. The smallest absolute Gasteiger partial charge is 0.338 e. The van der Waals surface area contributed by atoms with Crippen molar-refractivity contribution < 1.29 is 14.5 Å². The summed E-state index contributed by atoms with van der Waals surface area (Å²) in [7, 11) is 1.22. The lowest BCUT2D eigenvalue weighted by Crippen LogP contribution is -2.03. The molecular formula is C11H12ClNO4S. The van der Waals surface area contributed by atoms with Crippen molar-refractivity contribution in [3.63, 3.8) is 0 Å². The molecule has 0 bridgehead atoms. The Morgan fingerprint density at radius 1 is 1.56 bits per heavy atom. The first-order valence-electron chi connectivity index (χ1n) is 5.20. The maximum atomic E-state index is 11.4. The number of nitro groups is 1. The molecular weight excluding hydrogens is 278 g/mol.